The first-order valence-electron chi connectivity index (χ1n) is 13.6. The van der Waals surface area contributed by atoms with E-state index in [4.69, 9.17) is 4.74 Å². The summed E-state index contributed by atoms with van der Waals surface area (Å²) in [5, 5.41) is 16.1. The molecule has 1 aromatic heterocycles. The number of benzene rings is 3. The zero-order chi connectivity index (χ0) is 31.9. The van der Waals surface area contributed by atoms with Crippen LogP contribution in [-0.2, 0) is 29.9 Å². The fraction of sp³-hybridized carbons (Fsp3) is 0.323. The summed E-state index contributed by atoms with van der Waals surface area (Å²) >= 11 is 0. The molecule has 13 heteroatoms. The number of hydrogen-bond acceptors (Lipinski definition) is 5. The summed E-state index contributed by atoms with van der Waals surface area (Å²) in [4.78, 5) is 18.9. The largest absolute Gasteiger partial charge is 0.381 e. The van der Waals surface area contributed by atoms with Gasteiger partial charge in [-0.1, -0.05) is 48.5 Å². The number of rotatable bonds is 14. The van der Waals surface area contributed by atoms with Crippen LogP contribution in [0.15, 0.2) is 85.5 Å². The van der Waals surface area contributed by atoms with Crippen LogP contribution in [0.5, 0.6) is 0 Å². The van der Waals surface area contributed by atoms with Crippen molar-refractivity contribution >= 4 is 5.91 Å². The van der Waals surface area contributed by atoms with Crippen molar-refractivity contribution in [3.05, 3.63) is 119 Å². The molecule has 0 spiro atoms. The minimum atomic E-state index is -4.25. The predicted octanol–water partition coefficient (Wildman–Crippen LogP) is 5.63. The van der Waals surface area contributed by atoms with E-state index in [0.29, 0.717) is 6.07 Å². The van der Waals surface area contributed by atoms with Crippen molar-refractivity contribution in [2.75, 3.05) is 13.2 Å². The molecule has 0 aliphatic carbocycles. The van der Waals surface area contributed by atoms with Crippen LogP contribution in [0.1, 0.15) is 34.0 Å². The zero-order valence-corrected chi connectivity index (χ0v) is 23.6. The summed E-state index contributed by atoms with van der Waals surface area (Å²) in [7, 11) is 0. The second kappa shape index (κ2) is 14.0. The molecule has 4 rings (SSSR count). The van der Waals surface area contributed by atoms with E-state index in [-0.39, 0.29) is 43.0 Å². The van der Waals surface area contributed by atoms with Gasteiger partial charge in [-0.15, -0.1) is 0 Å². The van der Waals surface area contributed by atoms with Crippen molar-refractivity contribution in [2.24, 2.45) is 0 Å². The van der Waals surface area contributed by atoms with Crippen molar-refractivity contribution in [2.45, 2.75) is 50.5 Å². The Bertz CT molecular complexity index is 1510. The lowest BCUT2D eigenvalue weighted by atomic mass is 9.85. The lowest BCUT2D eigenvalue weighted by Gasteiger charge is -2.41. The normalized spacial score (nSPS) is 13.9. The summed E-state index contributed by atoms with van der Waals surface area (Å²) in [6.45, 7) is 1.16. The summed E-state index contributed by atoms with van der Waals surface area (Å²) < 4.78 is 88.6. The number of carbonyl (C=O) groups excluding carboxylic acids is 1. The van der Waals surface area contributed by atoms with Gasteiger partial charge in [-0.2, -0.15) is 13.9 Å². The van der Waals surface area contributed by atoms with Gasteiger partial charge in [0.05, 0.1) is 25.8 Å². The van der Waals surface area contributed by atoms with E-state index in [1.165, 1.54) is 41.3 Å². The first kappa shape index (κ1) is 32.7. The average molecular weight is 621 g/mol. The Morgan fingerprint density at radius 2 is 1.73 bits per heavy atom. The maximum atomic E-state index is 15.2. The molecule has 7 nitrogen and oxygen atoms in total. The molecule has 0 unspecified atom stereocenters. The molecule has 44 heavy (non-hydrogen) atoms. The van der Waals surface area contributed by atoms with E-state index < -0.39 is 48.0 Å². The Labute approximate surface area is 249 Å². The van der Waals surface area contributed by atoms with Crippen molar-refractivity contribution in [1.82, 2.24) is 19.7 Å². The number of amides is 1. The Morgan fingerprint density at radius 1 is 1.02 bits per heavy atom. The number of halogens is 6. The molecule has 1 heterocycles. The lowest BCUT2D eigenvalue weighted by molar-refractivity contribution is -0.127. The van der Waals surface area contributed by atoms with E-state index in [1.54, 1.807) is 0 Å². The van der Waals surface area contributed by atoms with E-state index >= 15 is 4.39 Å². The molecular weight excluding hydrogens is 590 g/mol. The number of aliphatic hydroxyl groups is 1. The molecule has 0 saturated heterocycles. The number of aromatic nitrogens is 3. The van der Waals surface area contributed by atoms with Crippen molar-refractivity contribution in [3.63, 3.8) is 0 Å². The molecule has 1 amide bonds. The summed E-state index contributed by atoms with van der Waals surface area (Å²) in [6, 6.07) is 15.3. The van der Waals surface area contributed by atoms with Gasteiger partial charge in [-0.05, 0) is 36.2 Å². The van der Waals surface area contributed by atoms with Crippen LogP contribution in [0, 0.1) is 11.6 Å². The molecule has 0 aliphatic rings. The first-order valence-corrected chi connectivity index (χ1v) is 13.6. The number of nitrogens with zero attached hydrogens (tertiary/aromatic N) is 4. The van der Waals surface area contributed by atoms with Gasteiger partial charge in [0.25, 0.3) is 5.91 Å². The van der Waals surface area contributed by atoms with Gasteiger partial charge in [-0.3, -0.25) is 4.79 Å². The average Bonchev–Trinajstić information content (AvgIpc) is 3.50. The van der Waals surface area contributed by atoms with Crippen molar-refractivity contribution in [1.29, 1.82) is 0 Å². The van der Waals surface area contributed by atoms with E-state index in [0.717, 1.165) is 29.8 Å². The van der Waals surface area contributed by atoms with Crippen LogP contribution >= 0.6 is 0 Å². The molecule has 0 radical (unpaired) electrons. The highest BCUT2D eigenvalue weighted by Crippen LogP contribution is 2.34. The second-order valence-electron chi connectivity index (χ2n) is 10.3. The van der Waals surface area contributed by atoms with Gasteiger partial charge in [0.2, 0.25) is 0 Å². The molecule has 0 aliphatic heterocycles. The Hall–Kier alpha value is -4.23. The summed E-state index contributed by atoms with van der Waals surface area (Å²) in [5.74, 6) is -6.87. The van der Waals surface area contributed by atoms with Crippen LogP contribution < -0.4 is 0 Å². The smallest absolute Gasteiger partial charge is 0.311 e. The molecule has 4 aromatic rings. The molecule has 0 fully saturated rings. The molecule has 234 valence electrons. The highest BCUT2D eigenvalue weighted by atomic mass is 19.3. The molecule has 2 atom stereocenters. The third-order valence-corrected chi connectivity index (χ3v) is 7.23. The Kier molecular flexibility index (Phi) is 10.4. The molecule has 3 aromatic carbocycles. The summed E-state index contributed by atoms with van der Waals surface area (Å²) in [6.07, 6.45) is -2.60. The fourth-order valence-electron chi connectivity index (χ4n) is 4.78. The fourth-order valence-corrected chi connectivity index (χ4v) is 4.78. The van der Waals surface area contributed by atoms with E-state index in [1.807, 2.05) is 30.3 Å². The zero-order valence-electron chi connectivity index (χ0n) is 23.6. The van der Waals surface area contributed by atoms with Crippen LogP contribution in [0.4, 0.5) is 26.3 Å². The topological polar surface area (TPSA) is 80.5 Å². The number of ether oxygens (including phenoxy) is 1. The highest BCUT2D eigenvalue weighted by molar-refractivity contribution is 5.94. The second-order valence-corrected chi connectivity index (χ2v) is 10.3. The number of carbonyl (C=O) groups is 1. The van der Waals surface area contributed by atoms with Crippen molar-refractivity contribution < 1.29 is 41.0 Å². The number of hydrogen-bond donors (Lipinski definition) is 1. The maximum Gasteiger partial charge on any atom is 0.311 e. The van der Waals surface area contributed by atoms with Crippen molar-refractivity contribution in [3.8, 4) is 0 Å². The summed E-state index contributed by atoms with van der Waals surface area (Å²) in [5.41, 5.74) is -1.75. The molecule has 0 bridgehead atoms. The minimum absolute atomic E-state index is 0.00768. The van der Waals surface area contributed by atoms with Crippen LogP contribution in [-0.4, -0.2) is 62.2 Å². The third kappa shape index (κ3) is 7.83. The van der Waals surface area contributed by atoms with Gasteiger partial charge >= 0.3 is 12.3 Å². The highest BCUT2D eigenvalue weighted by Gasteiger charge is 2.44. The van der Waals surface area contributed by atoms with Gasteiger partial charge < -0.3 is 14.7 Å². The third-order valence-electron chi connectivity index (χ3n) is 7.23. The standard InChI is InChI=1S/C31H30F6N4O3/c1-21(30(43,18-40-20-38-19-39-40)26-12-11-25(32)15-27(26)33)41(13-14-44-17-23-5-3-2-4-6-23)28(42)24-9-7-22(8-10-24)16-31(36,37)29(34)35/h2-12,15,19-21,29,43H,13-14,16-18H2,1H3/t21-,30-/m1/s1. The Morgan fingerprint density at radius 3 is 2.34 bits per heavy atom. The van der Waals surface area contributed by atoms with Gasteiger partial charge in [0, 0.05) is 30.2 Å². The maximum absolute atomic E-state index is 15.2. The van der Waals surface area contributed by atoms with Gasteiger partial charge in [-0.25, -0.2) is 27.2 Å². The molecule has 0 saturated carbocycles. The quantitative estimate of drug-likeness (QED) is 0.146. The van der Waals surface area contributed by atoms with Crippen LogP contribution in [0.2, 0.25) is 0 Å². The van der Waals surface area contributed by atoms with Gasteiger partial charge in [0.1, 0.15) is 29.9 Å². The van der Waals surface area contributed by atoms with Crippen LogP contribution in [0.25, 0.3) is 0 Å². The van der Waals surface area contributed by atoms with E-state index in [2.05, 4.69) is 10.1 Å². The first-order chi connectivity index (χ1) is 20.9. The number of alkyl halides is 4. The SMILES string of the molecule is C[C@@H](N(CCOCc1ccccc1)C(=O)c1ccc(CC(F)(F)C(F)F)cc1)[C@](O)(Cn1cncn1)c1ccc(F)cc1F. The van der Waals surface area contributed by atoms with Crippen LogP contribution in [0.3, 0.4) is 0 Å². The molecule has 1 N–H and O–H groups in total. The van der Waals surface area contributed by atoms with Gasteiger partial charge in [0.15, 0.2) is 0 Å². The Balaban J connectivity index is 1.66. The minimum Gasteiger partial charge on any atom is -0.381 e. The lowest BCUT2D eigenvalue weighted by Crippen LogP contribution is -2.54. The monoisotopic (exact) mass is 620 g/mol. The molecular formula is C31H30F6N4O3. The predicted molar refractivity (Wildman–Crippen MR) is 148 cm³/mol. The van der Waals surface area contributed by atoms with E-state index in [9.17, 15) is 31.9 Å².